The number of para-hydroxylation sites is 1. The quantitative estimate of drug-likeness (QED) is 0.805. The lowest BCUT2D eigenvalue weighted by atomic mass is 10.2. The summed E-state index contributed by atoms with van der Waals surface area (Å²) in [7, 11) is 1.71. The third-order valence-electron chi connectivity index (χ3n) is 3.30. The van der Waals surface area contributed by atoms with Crippen LogP contribution in [0, 0.1) is 6.92 Å². The first-order valence-corrected chi connectivity index (χ1v) is 6.91. The van der Waals surface area contributed by atoms with Gasteiger partial charge in [0.1, 0.15) is 11.5 Å². The normalized spacial score (nSPS) is 10.6. The second-order valence-corrected chi connectivity index (χ2v) is 5.10. The average molecular weight is 296 g/mol. The molecular formula is C16H16N4O2. The Morgan fingerprint density at radius 3 is 2.91 bits per heavy atom. The lowest BCUT2D eigenvalue weighted by Gasteiger charge is -2.17. The van der Waals surface area contributed by atoms with Gasteiger partial charge in [-0.05, 0) is 19.1 Å². The number of amides is 2. The highest BCUT2D eigenvalue weighted by molar-refractivity contribution is 5.99. The summed E-state index contributed by atoms with van der Waals surface area (Å²) in [6.45, 7) is 2.19. The van der Waals surface area contributed by atoms with Crippen molar-refractivity contribution in [3.05, 3.63) is 54.0 Å². The fourth-order valence-corrected chi connectivity index (χ4v) is 2.22. The molecule has 0 aliphatic carbocycles. The zero-order valence-electron chi connectivity index (χ0n) is 12.4. The van der Waals surface area contributed by atoms with Gasteiger partial charge in [0.25, 0.3) is 0 Å². The Morgan fingerprint density at radius 2 is 2.14 bits per heavy atom. The van der Waals surface area contributed by atoms with Crippen molar-refractivity contribution in [1.29, 1.82) is 0 Å². The summed E-state index contributed by atoms with van der Waals surface area (Å²) in [6.07, 6.45) is 1.71. The summed E-state index contributed by atoms with van der Waals surface area (Å²) < 4.78 is 5.00. The number of nitrogens with zero attached hydrogens (tertiary/aromatic N) is 3. The summed E-state index contributed by atoms with van der Waals surface area (Å²) in [4.78, 5) is 18.2. The first-order valence-electron chi connectivity index (χ1n) is 6.91. The van der Waals surface area contributed by atoms with E-state index in [0.29, 0.717) is 17.9 Å². The van der Waals surface area contributed by atoms with Gasteiger partial charge in [0.05, 0.1) is 17.7 Å². The molecule has 3 aromatic rings. The maximum Gasteiger partial charge on any atom is 0.322 e. The van der Waals surface area contributed by atoms with Crippen LogP contribution in [0.15, 0.2) is 47.1 Å². The lowest BCUT2D eigenvalue weighted by molar-refractivity contribution is 0.219. The molecule has 0 unspecified atom stereocenters. The highest BCUT2D eigenvalue weighted by Gasteiger charge is 2.13. The fourth-order valence-electron chi connectivity index (χ4n) is 2.22. The third-order valence-corrected chi connectivity index (χ3v) is 3.30. The van der Waals surface area contributed by atoms with Crippen LogP contribution in [0.3, 0.4) is 0 Å². The molecule has 6 heteroatoms. The number of carbonyl (C=O) groups is 1. The minimum Gasteiger partial charge on any atom is -0.361 e. The van der Waals surface area contributed by atoms with Crippen molar-refractivity contribution >= 4 is 22.6 Å². The number of benzene rings is 1. The standard InChI is InChI=1S/C16H16N4O2/c1-11-9-13(19-22-11)10-20(2)16(21)18-14-7-3-5-12-6-4-8-17-15(12)14/h3-9H,10H2,1-2H3,(H,18,21). The van der Waals surface area contributed by atoms with Gasteiger partial charge in [0.15, 0.2) is 0 Å². The van der Waals surface area contributed by atoms with Crippen LogP contribution in [-0.4, -0.2) is 28.1 Å². The van der Waals surface area contributed by atoms with E-state index < -0.39 is 0 Å². The van der Waals surface area contributed by atoms with Crippen LogP contribution in [0.5, 0.6) is 0 Å². The molecule has 22 heavy (non-hydrogen) atoms. The van der Waals surface area contributed by atoms with Gasteiger partial charge < -0.3 is 14.7 Å². The third kappa shape index (κ3) is 2.90. The first-order chi connectivity index (χ1) is 10.6. The van der Waals surface area contributed by atoms with Gasteiger partial charge in [-0.3, -0.25) is 4.98 Å². The first kappa shape index (κ1) is 14.1. The van der Waals surface area contributed by atoms with Crippen molar-refractivity contribution in [1.82, 2.24) is 15.0 Å². The summed E-state index contributed by atoms with van der Waals surface area (Å²) in [5.41, 5.74) is 2.17. The average Bonchev–Trinajstić information content (AvgIpc) is 2.92. The van der Waals surface area contributed by atoms with Gasteiger partial charge in [0, 0.05) is 24.7 Å². The fraction of sp³-hybridized carbons (Fsp3) is 0.188. The molecule has 1 aromatic carbocycles. The van der Waals surface area contributed by atoms with Crippen molar-refractivity contribution in [3.8, 4) is 0 Å². The van der Waals surface area contributed by atoms with Gasteiger partial charge >= 0.3 is 6.03 Å². The number of rotatable bonds is 3. The maximum atomic E-state index is 12.3. The molecule has 0 fully saturated rings. The predicted molar refractivity (Wildman–Crippen MR) is 83.5 cm³/mol. The van der Waals surface area contributed by atoms with Crippen LogP contribution in [0.2, 0.25) is 0 Å². The van der Waals surface area contributed by atoms with E-state index in [2.05, 4.69) is 15.5 Å². The largest absolute Gasteiger partial charge is 0.361 e. The summed E-state index contributed by atoms with van der Waals surface area (Å²) in [5, 5.41) is 7.75. The lowest BCUT2D eigenvalue weighted by Crippen LogP contribution is -2.31. The Kier molecular flexibility index (Phi) is 3.74. The smallest absolute Gasteiger partial charge is 0.322 e. The van der Waals surface area contributed by atoms with E-state index in [1.165, 1.54) is 0 Å². The summed E-state index contributed by atoms with van der Waals surface area (Å²) in [6, 6.07) is 11.1. The molecule has 6 nitrogen and oxygen atoms in total. The van der Waals surface area contributed by atoms with E-state index in [4.69, 9.17) is 4.52 Å². The monoisotopic (exact) mass is 296 g/mol. The van der Waals surface area contributed by atoms with Crippen molar-refractivity contribution < 1.29 is 9.32 Å². The van der Waals surface area contributed by atoms with Gasteiger partial charge in [-0.2, -0.15) is 0 Å². The Bertz CT molecular complexity index is 807. The molecule has 2 heterocycles. The number of carbonyl (C=O) groups excluding carboxylic acids is 1. The molecule has 0 saturated heterocycles. The van der Waals surface area contributed by atoms with Gasteiger partial charge in [0.2, 0.25) is 0 Å². The number of nitrogens with one attached hydrogen (secondary N) is 1. The molecular weight excluding hydrogens is 280 g/mol. The number of fused-ring (bicyclic) bond motifs is 1. The summed E-state index contributed by atoms with van der Waals surface area (Å²) >= 11 is 0. The van der Waals surface area contributed by atoms with Crippen LogP contribution in [-0.2, 0) is 6.54 Å². The van der Waals surface area contributed by atoms with E-state index in [-0.39, 0.29) is 6.03 Å². The number of urea groups is 1. The molecule has 112 valence electrons. The van der Waals surface area contributed by atoms with E-state index in [1.54, 1.807) is 18.1 Å². The van der Waals surface area contributed by atoms with Gasteiger partial charge in [-0.1, -0.05) is 23.4 Å². The van der Waals surface area contributed by atoms with Crippen LogP contribution in [0.4, 0.5) is 10.5 Å². The van der Waals surface area contributed by atoms with Crippen LogP contribution in [0.25, 0.3) is 10.9 Å². The number of hydrogen-bond acceptors (Lipinski definition) is 4. The van der Waals surface area contributed by atoms with E-state index in [1.807, 2.05) is 43.3 Å². The summed E-state index contributed by atoms with van der Waals surface area (Å²) in [5.74, 6) is 0.724. The minimum atomic E-state index is -0.223. The molecule has 0 saturated carbocycles. The van der Waals surface area contributed by atoms with E-state index in [0.717, 1.165) is 16.7 Å². The van der Waals surface area contributed by atoms with Crippen LogP contribution >= 0.6 is 0 Å². The van der Waals surface area contributed by atoms with E-state index in [9.17, 15) is 4.79 Å². The molecule has 0 radical (unpaired) electrons. The van der Waals surface area contributed by atoms with Crippen molar-refractivity contribution in [2.45, 2.75) is 13.5 Å². The molecule has 3 rings (SSSR count). The van der Waals surface area contributed by atoms with Crippen molar-refractivity contribution in [3.63, 3.8) is 0 Å². The molecule has 1 N–H and O–H groups in total. The maximum absolute atomic E-state index is 12.3. The van der Waals surface area contributed by atoms with Gasteiger partial charge in [-0.25, -0.2) is 4.79 Å². The second-order valence-electron chi connectivity index (χ2n) is 5.10. The number of aryl methyl sites for hydroxylation is 1. The molecule has 0 atom stereocenters. The predicted octanol–water partition coefficient (Wildman–Crippen LogP) is 3.20. The highest BCUT2D eigenvalue weighted by Crippen LogP contribution is 2.21. The van der Waals surface area contributed by atoms with E-state index >= 15 is 0 Å². The number of anilines is 1. The molecule has 0 spiro atoms. The second kappa shape index (κ2) is 5.85. The molecule has 2 aromatic heterocycles. The van der Waals surface area contributed by atoms with Gasteiger partial charge in [-0.15, -0.1) is 0 Å². The molecule has 0 aliphatic heterocycles. The Labute approximate surface area is 127 Å². The van der Waals surface area contributed by atoms with Crippen molar-refractivity contribution in [2.24, 2.45) is 0 Å². The SMILES string of the molecule is Cc1cc(CN(C)C(=O)Nc2cccc3cccnc23)no1. The Hall–Kier alpha value is -2.89. The minimum absolute atomic E-state index is 0.223. The van der Waals surface area contributed by atoms with Crippen molar-refractivity contribution in [2.75, 3.05) is 12.4 Å². The topological polar surface area (TPSA) is 71.3 Å². The van der Waals surface area contributed by atoms with Crippen LogP contribution < -0.4 is 5.32 Å². The molecule has 0 bridgehead atoms. The Morgan fingerprint density at radius 1 is 1.32 bits per heavy atom. The molecule has 0 aliphatic rings. The zero-order chi connectivity index (χ0) is 15.5. The Balaban J connectivity index is 1.75. The zero-order valence-corrected chi connectivity index (χ0v) is 12.4. The number of hydrogen-bond donors (Lipinski definition) is 1. The van der Waals surface area contributed by atoms with Crippen LogP contribution in [0.1, 0.15) is 11.5 Å². The number of pyridine rings is 1. The number of aromatic nitrogens is 2. The highest BCUT2D eigenvalue weighted by atomic mass is 16.5. The molecule has 2 amide bonds.